The first kappa shape index (κ1) is 18.1. The van der Waals surface area contributed by atoms with Crippen LogP contribution in [0.1, 0.15) is 16.7 Å². The second kappa shape index (κ2) is 8.13. The monoisotopic (exact) mass is 365 g/mol. The topological polar surface area (TPSA) is 94.6 Å². The highest BCUT2D eigenvalue weighted by Crippen LogP contribution is 2.21. The molecule has 3 rings (SSSR count). The highest BCUT2D eigenvalue weighted by atomic mass is 16.6. The molecule has 27 heavy (non-hydrogen) atoms. The maximum absolute atomic E-state index is 10.8. The lowest BCUT2D eigenvalue weighted by Crippen LogP contribution is -2.03. The maximum atomic E-state index is 10.8. The van der Waals surface area contributed by atoms with Gasteiger partial charge in [-0.15, -0.1) is 0 Å². The Bertz CT molecular complexity index is 981. The van der Waals surface area contributed by atoms with Gasteiger partial charge in [-0.2, -0.15) is 10.2 Å². The van der Waals surface area contributed by atoms with E-state index in [-0.39, 0.29) is 5.69 Å². The zero-order valence-electron chi connectivity index (χ0n) is 15.0. The van der Waals surface area contributed by atoms with Crippen LogP contribution in [-0.2, 0) is 6.54 Å². The Morgan fingerprint density at radius 1 is 1.33 bits per heavy atom. The molecule has 2 aromatic carbocycles. The van der Waals surface area contributed by atoms with Gasteiger partial charge in [0.05, 0.1) is 30.5 Å². The molecule has 0 aliphatic carbocycles. The largest absolute Gasteiger partial charge is 0.496 e. The number of nitrogens with one attached hydrogen (secondary N) is 1. The maximum Gasteiger partial charge on any atom is 0.307 e. The lowest BCUT2D eigenvalue weighted by atomic mass is 10.1. The summed E-state index contributed by atoms with van der Waals surface area (Å²) >= 11 is 0. The van der Waals surface area contributed by atoms with Crippen LogP contribution in [0.5, 0.6) is 5.75 Å². The molecular formula is C19H19N5O3. The average molecular weight is 365 g/mol. The van der Waals surface area contributed by atoms with E-state index in [0.29, 0.717) is 12.3 Å². The molecule has 0 amide bonds. The molecule has 0 aliphatic rings. The Labute approximate surface area is 156 Å². The third-order valence-electron chi connectivity index (χ3n) is 4.01. The molecule has 0 fully saturated rings. The Morgan fingerprint density at radius 3 is 2.85 bits per heavy atom. The number of hydrogen-bond acceptors (Lipinski definition) is 6. The number of anilines is 1. The molecule has 0 aliphatic heterocycles. The van der Waals surface area contributed by atoms with Crippen LogP contribution in [0.15, 0.2) is 60.0 Å². The van der Waals surface area contributed by atoms with E-state index in [9.17, 15) is 10.1 Å². The molecule has 0 unspecified atom stereocenters. The number of hydrogen-bond donors (Lipinski definition) is 1. The number of rotatable bonds is 7. The van der Waals surface area contributed by atoms with Crippen LogP contribution in [-0.4, -0.2) is 28.0 Å². The summed E-state index contributed by atoms with van der Waals surface area (Å²) in [6.07, 6.45) is 4.32. The fraction of sp³-hybridized carbons (Fsp3) is 0.158. The van der Waals surface area contributed by atoms with Gasteiger partial charge in [0.2, 0.25) is 0 Å². The van der Waals surface area contributed by atoms with Gasteiger partial charge in [0.1, 0.15) is 18.1 Å². The number of nitrogens with zero attached hydrogens (tertiary/aromatic N) is 4. The number of ether oxygens (including phenoxy) is 1. The van der Waals surface area contributed by atoms with E-state index in [1.807, 2.05) is 49.4 Å². The third-order valence-corrected chi connectivity index (χ3v) is 4.01. The lowest BCUT2D eigenvalue weighted by Gasteiger charge is -2.09. The van der Waals surface area contributed by atoms with Crippen molar-refractivity contribution in [1.29, 1.82) is 0 Å². The summed E-state index contributed by atoms with van der Waals surface area (Å²) in [6.45, 7) is 2.36. The van der Waals surface area contributed by atoms with Gasteiger partial charge in [0.25, 0.3) is 0 Å². The molecule has 0 radical (unpaired) electrons. The van der Waals surface area contributed by atoms with Crippen LogP contribution in [0.4, 0.5) is 11.4 Å². The average Bonchev–Trinajstić information content (AvgIpc) is 3.12. The summed E-state index contributed by atoms with van der Waals surface area (Å²) in [6, 6.07) is 13.5. The fourth-order valence-electron chi connectivity index (χ4n) is 2.59. The Morgan fingerprint density at radius 2 is 2.15 bits per heavy atom. The Balaban J connectivity index is 1.77. The minimum absolute atomic E-state index is 0.0471. The van der Waals surface area contributed by atoms with Crippen LogP contribution in [0.3, 0.4) is 0 Å². The predicted octanol–water partition coefficient (Wildman–Crippen LogP) is 3.60. The summed E-state index contributed by atoms with van der Waals surface area (Å²) in [7, 11) is 1.58. The van der Waals surface area contributed by atoms with E-state index < -0.39 is 4.92 Å². The molecule has 138 valence electrons. The van der Waals surface area contributed by atoms with Crippen LogP contribution in [0.2, 0.25) is 0 Å². The quantitative estimate of drug-likeness (QED) is 0.392. The van der Waals surface area contributed by atoms with Crippen molar-refractivity contribution in [3.05, 3.63) is 81.7 Å². The van der Waals surface area contributed by atoms with Gasteiger partial charge in [-0.1, -0.05) is 18.2 Å². The van der Waals surface area contributed by atoms with Crippen molar-refractivity contribution >= 4 is 17.6 Å². The number of nitro groups is 1. The van der Waals surface area contributed by atoms with E-state index in [1.54, 1.807) is 13.3 Å². The Hall–Kier alpha value is -3.68. The van der Waals surface area contributed by atoms with Crippen molar-refractivity contribution in [3.63, 3.8) is 0 Å². The molecule has 0 saturated carbocycles. The number of aromatic nitrogens is 2. The van der Waals surface area contributed by atoms with E-state index in [0.717, 1.165) is 22.4 Å². The van der Waals surface area contributed by atoms with Gasteiger partial charge < -0.3 is 4.74 Å². The molecule has 1 heterocycles. The second-order valence-electron chi connectivity index (χ2n) is 5.91. The summed E-state index contributed by atoms with van der Waals surface area (Å²) in [5.74, 6) is 0.678. The highest BCUT2D eigenvalue weighted by molar-refractivity contribution is 5.81. The smallest absolute Gasteiger partial charge is 0.307 e. The highest BCUT2D eigenvalue weighted by Gasteiger charge is 2.11. The summed E-state index contributed by atoms with van der Waals surface area (Å²) in [5.41, 5.74) is 6.72. The van der Waals surface area contributed by atoms with Crippen LogP contribution < -0.4 is 10.2 Å². The number of hydrazone groups is 1. The molecule has 8 nitrogen and oxygen atoms in total. The molecule has 0 spiro atoms. The molecule has 0 bridgehead atoms. The normalized spacial score (nSPS) is 10.9. The first-order chi connectivity index (χ1) is 13.1. The van der Waals surface area contributed by atoms with Crippen LogP contribution in [0.25, 0.3) is 0 Å². The van der Waals surface area contributed by atoms with Crippen molar-refractivity contribution in [3.8, 4) is 5.75 Å². The summed E-state index contributed by atoms with van der Waals surface area (Å²) in [5, 5.41) is 19.1. The standard InChI is InChI=1S/C19H19N5O3/c1-14-5-3-4-6-18(14)22-20-10-15-7-8-19(27-2)16(9-15)12-23-13-17(11-21-23)24(25)26/h3-11,13,22H,12H2,1-2H3. The molecular weight excluding hydrogens is 346 g/mol. The lowest BCUT2D eigenvalue weighted by molar-refractivity contribution is -0.385. The van der Waals surface area contributed by atoms with E-state index in [2.05, 4.69) is 15.6 Å². The van der Waals surface area contributed by atoms with E-state index in [4.69, 9.17) is 4.74 Å². The predicted molar refractivity (Wildman–Crippen MR) is 103 cm³/mol. The zero-order chi connectivity index (χ0) is 19.2. The molecule has 1 N–H and O–H groups in total. The number of para-hydroxylation sites is 1. The zero-order valence-corrected chi connectivity index (χ0v) is 15.0. The first-order valence-corrected chi connectivity index (χ1v) is 8.25. The minimum atomic E-state index is -0.471. The molecule has 3 aromatic rings. The number of benzene rings is 2. The van der Waals surface area contributed by atoms with Crippen molar-refractivity contribution in [2.75, 3.05) is 12.5 Å². The summed E-state index contributed by atoms with van der Waals surface area (Å²) < 4.78 is 6.88. The van der Waals surface area contributed by atoms with Crippen LogP contribution in [0, 0.1) is 17.0 Å². The molecule has 0 atom stereocenters. The number of methoxy groups -OCH3 is 1. The van der Waals surface area contributed by atoms with Crippen molar-refractivity contribution < 1.29 is 9.66 Å². The van der Waals surface area contributed by atoms with Crippen LogP contribution >= 0.6 is 0 Å². The van der Waals surface area contributed by atoms with Gasteiger partial charge in [-0.3, -0.25) is 20.2 Å². The van der Waals surface area contributed by atoms with E-state index >= 15 is 0 Å². The second-order valence-corrected chi connectivity index (χ2v) is 5.91. The van der Waals surface area contributed by atoms with Gasteiger partial charge in [-0.25, -0.2) is 0 Å². The third kappa shape index (κ3) is 4.49. The number of aryl methyl sites for hydroxylation is 1. The van der Waals surface area contributed by atoms with Gasteiger partial charge in [0.15, 0.2) is 0 Å². The summed E-state index contributed by atoms with van der Waals surface area (Å²) in [4.78, 5) is 10.3. The van der Waals surface area contributed by atoms with E-state index in [1.165, 1.54) is 17.1 Å². The van der Waals surface area contributed by atoms with Crippen molar-refractivity contribution in [2.24, 2.45) is 5.10 Å². The first-order valence-electron chi connectivity index (χ1n) is 8.25. The van der Waals surface area contributed by atoms with Crippen molar-refractivity contribution in [2.45, 2.75) is 13.5 Å². The van der Waals surface area contributed by atoms with Gasteiger partial charge >= 0.3 is 5.69 Å². The van der Waals surface area contributed by atoms with Gasteiger partial charge in [0, 0.05) is 5.56 Å². The minimum Gasteiger partial charge on any atom is -0.496 e. The van der Waals surface area contributed by atoms with Gasteiger partial charge in [-0.05, 0) is 42.3 Å². The molecule has 0 saturated heterocycles. The molecule has 1 aromatic heterocycles. The Kier molecular flexibility index (Phi) is 5.46. The van der Waals surface area contributed by atoms with Crippen molar-refractivity contribution in [1.82, 2.24) is 9.78 Å². The fourth-order valence-corrected chi connectivity index (χ4v) is 2.59. The SMILES string of the molecule is COc1ccc(C=NNc2ccccc2C)cc1Cn1cc([N+](=O)[O-])cn1. The molecule has 8 heteroatoms.